The number of aliphatic hydroxyl groups excluding tert-OH is 1. The number of aliphatic hydroxyl groups is 1. The summed E-state index contributed by atoms with van der Waals surface area (Å²) in [6.45, 7) is 1.68. The SMILES string of the molecule is Cc1cc(F)ccc1C(O)c1ccc(Br)cc1F. The molecule has 0 fully saturated rings. The molecular formula is C14H11BrF2O. The molecule has 18 heavy (non-hydrogen) atoms. The number of hydrogen-bond acceptors (Lipinski definition) is 1. The molecule has 94 valence electrons. The Kier molecular flexibility index (Phi) is 3.78. The Morgan fingerprint density at radius 2 is 1.72 bits per heavy atom. The highest BCUT2D eigenvalue weighted by atomic mass is 79.9. The maximum Gasteiger partial charge on any atom is 0.130 e. The molecule has 0 aliphatic carbocycles. The van der Waals surface area contributed by atoms with E-state index in [0.717, 1.165) is 0 Å². The Hall–Kier alpha value is -1.26. The summed E-state index contributed by atoms with van der Waals surface area (Å²) < 4.78 is 27.3. The van der Waals surface area contributed by atoms with Crippen LogP contribution in [0.3, 0.4) is 0 Å². The minimum atomic E-state index is -1.10. The molecule has 1 N–H and O–H groups in total. The summed E-state index contributed by atoms with van der Waals surface area (Å²) in [5.74, 6) is -0.875. The van der Waals surface area contributed by atoms with Gasteiger partial charge < -0.3 is 5.11 Å². The van der Waals surface area contributed by atoms with Gasteiger partial charge >= 0.3 is 0 Å². The van der Waals surface area contributed by atoms with Gasteiger partial charge in [0.2, 0.25) is 0 Å². The molecule has 0 saturated heterocycles. The second-order valence-corrected chi connectivity index (χ2v) is 4.98. The minimum absolute atomic E-state index is 0.174. The number of halogens is 3. The third kappa shape index (κ3) is 2.60. The zero-order valence-corrected chi connectivity index (χ0v) is 11.2. The predicted octanol–water partition coefficient (Wildman–Crippen LogP) is 4.12. The quantitative estimate of drug-likeness (QED) is 0.884. The van der Waals surface area contributed by atoms with Crippen LogP contribution in [0.2, 0.25) is 0 Å². The number of hydrogen-bond donors (Lipinski definition) is 1. The first kappa shape index (κ1) is 13.2. The van der Waals surface area contributed by atoms with Crippen molar-refractivity contribution in [3.05, 3.63) is 69.2 Å². The molecule has 4 heteroatoms. The van der Waals surface area contributed by atoms with Crippen LogP contribution in [0.1, 0.15) is 22.8 Å². The largest absolute Gasteiger partial charge is 0.384 e. The summed E-state index contributed by atoms with van der Waals surface area (Å²) in [4.78, 5) is 0. The van der Waals surface area contributed by atoms with E-state index >= 15 is 0 Å². The number of benzene rings is 2. The Labute approximate surface area is 112 Å². The highest BCUT2D eigenvalue weighted by Crippen LogP contribution is 2.28. The third-order valence-electron chi connectivity index (χ3n) is 2.78. The van der Waals surface area contributed by atoms with Gasteiger partial charge in [0.25, 0.3) is 0 Å². The zero-order chi connectivity index (χ0) is 13.3. The van der Waals surface area contributed by atoms with E-state index in [1.54, 1.807) is 13.0 Å². The van der Waals surface area contributed by atoms with E-state index in [0.29, 0.717) is 15.6 Å². The Morgan fingerprint density at radius 3 is 2.33 bits per heavy atom. The Morgan fingerprint density at radius 1 is 1.06 bits per heavy atom. The molecule has 1 atom stereocenters. The average molecular weight is 313 g/mol. The fourth-order valence-electron chi connectivity index (χ4n) is 1.84. The monoisotopic (exact) mass is 312 g/mol. The highest BCUT2D eigenvalue weighted by Gasteiger charge is 2.17. The standard InChI is InChI=1S/C14H11BrF2O/c1-8-6-10(16)3-5-11(8)14(18)12-4-2-9(15)7-13(12)17/h2-7,14,18H,1H3. The van der Waals surface area contributed by atoms with E-state index in [4.69, 9.17) is 0 Å². The van der Waals surface area contributed by atoms with Gasteiger partial charge in [0.15, 0.2) is 0 Å². The van der Waals surface area contributed by atoms with Crippen LogP contribution in [0.15, 0.2) is 40.9 Å². The van der Waals surface area contributed by atoms with Crippen LogP contribution in [-0.4, -0.2) is 5.11 Å². The van der Waals surface area contributed by atoms with Crippen molar-refractivity contribution >= 4 is 15.9 Å². The van der Waals surface area contributed by atoms with Crippen molar-refractivity contribution in [2.45, 2.75) is 13.0 Å². The van der Waals surface area contributed by atoms with Gasteiger partial charge in [0.1, 0.15) is 17.7 Å². The first-order valence-corrected chi connectivity index (χ1v) is 6.17. The number of rotatable bonds is 2. The molecule has 0 saturated carbocycles. The molecule has 0 radical (unpaired) electrons. The molecular weight excluding hydrogens is 302 g/mol. The van der Waals surface area contributed by atoms with Gasteiger partial charge in [-0.2, -0.15) is 0 Å². The van der Waals surface area contributed by atoms with Crippen LogP contribution in [-0.2, 0) is 0 Å². The van der Waals surface area contributed by atoms with Crippen molar-refractivity contribution in [3.8, 4) is 0 Å². The zero-order valence-electron chi connectivity index (χ0n) is 9.62. The van der Waals surface area contributed by atoms with E-state index < -0.39 is 11.9 Å². The van der Waals surface area contributed by atoms with E-state index in [-0.39, 0.29) is 11.4 Å². The maximum absolute atomic E-state index is 13.7. The van der Waals surface area contributed by atoms with Crippen molar-refractivity contribution in [2.75, 3.05) is 0 Å². The van der Waals surface area contributed by atoms with E-state index in [2.05, 4.69) is 15.9 Å². The Balaban J connectivity index is 2.44. The van der Waals surface area contributed by atoms with Gasteiger partial charge in [-0.1, -0.05) is 28.1 Å². The maximum atomic E-state index is 13.7. The fraction of sp³-hybridized carbons (Fsp3) is 0.143. The lowest BCUT2D eigenvalue weighted by Gasteiger charge is -2.15. The molecule has 0 spiro atoms. The van der Waals surface area contributed by atoms with Crippen molar-refractivity contribution < 1.29 is 13.9 Å². The normalized spacial score (nSPS) is 12.5. The smallest absolute Gasteiger partial charge is 0.130 e. The van der Waals surface area contributed by atoms with Crippen LogP contribution in [0.5, 0.6) is 0 Å². The lowest BCUT2D eigenvalue weighted by atomic mass is 9.97. The summed E-state index contributed by atoms with van der Waals surface area (Å²) in [7, 11) is 0. The second kappa shape index (κ2) is 5.16. The Bertz CT molecular complexity index is 533. The summed E-state index contributed by atoms with van der Waals surface area (Å²) in [5, 5.41) is 10.2. The first-order chi connectivity index (χ1) is 8.49. The summed E-state index contributed by atoms with van der Waals surface area (Å²) >= 11 is 3.15. The molecule has 0 aromatic heterocycles. The third-order valence-corrected chi connectivity index (χ3v) is 3.28. The van der Waals surface area contributed by atoms with Gasteiger partial charge in [-0.05, 0) is 42.3 Å². The molecule has 0 bridgehead atoms. The number of aryl methyl sites for hydroxylation is 1. The molecule has 1 unspecified atom stereocenters. The fourth-order valence-corrected chi connectivity index (χ4v) is 2.17. The molecule has 0 amide bonds. The average Bonchev–Trinajstić information content (AvgIpc) is 2.28. The second-order valence-electron chi connectivity index (χ2n) is 4.07. The molecule has 2 rings (SSSR count). The molecule has 0 aliphatic rings. The van der Waals surface area contributed by atoms with E-state index in [9.17, 15) is 13.9 Å². The van der Waals surface area contributed by atoms with Gasteiger partial charge in [0, 0.05) is 10.0 Å². The molecule has 2 aromatic carbocycles. The highest BCUT2D eigenvalue weighted by molar-refractivity contribution is 9.10. The lowest BCUT2D eigenvalue weighted by molar-refractivity contribution is 0.214. The minimum Gasteiger partial charge on any atom is -0.384 e. The van der Waals surface area contributed by atoms with E-state index in [1.165, 1.54) is 30.3 Å². The van der Waals surface area contributed by atoms with Crippen LogP contribution >= 0.6 is 15.9 Å². The molecule has 0 heterocycles. The van der Waals surface area contributed by atoms with Gasteiger partial charge in [-0.15, -0.1) is 0 Å². The van der Waals surface area contributed by atoms with Crippen LogP contribution in [0.4, 0.5) is 8.78 Å². The summed E-state index contributed by atoms with van der Waals surface area (Å²) in [5.41, 5.74) is 1.26. The van der Waals surface area contributed by atoms with Crippen molar-refractivity contribution in [1.82, 2.24) is 0 Å². The van der Waals surface area contributed by atoms with E-state index in [1.807, 2.05) is 0 Å². The first-order valence-electron chi connectivity index (χ1n) is 5.38. The lowest BCUT2D eigenvalue weighted by Crippen LogP contribution is -2.04. The molecule has 0 aliphatic heterocycles. The van der Waals surface area contributed by atoms with Crippen LogP contribution < -0.4 is 0 Å². The van der Waals surface area contributed by atoms with Crippen LogP contribution in [0, 0.1) is 18.6 Å². The van der Waals surface area contributed by atoms with Crippen molar-refractivity contribution in [2.24, 2.45) is 0 Å². The van der Waals surface area contributed by atoms with Crippen molar-refractivity contribution in [3.63, 3.8) is 0 Å². The molecule has 1 nitrogen and oxygen atoms in total. The molecule has 2 aromatic rings. The summed E-state index contributed by atoms with van der Waals surface area (Å²) in [6, 6.07) is 8.49. The predicted molar refractivity (Wildman–Crippen MR) is 69.3 cm³/mol. The van der Waals surface area contributed by atoms with Gasteiger partial charge in [-0.3, -0.25) is 0 Å². The van der Waals surface area contributed by atoms with Crippen molar-refractivity contribution in [1.29, 1.82) is 0 Å². The topological polar surface area (TPSA) is 20.2 Å². The van der Waals surface area contributed by atoms with Crippen LogP contribution in [0.25, 0.3) is 0 Å². The summed E-state index contributed by atoms with van der Waals surface area (Å²) in [6.07, 6.45) is -1.10. The van der Waals surface area contributed by atoms with Gasteiger partial charge in [-0.25, -0.2) is 8.78 Å². The van der Waals surface area contributed by atoms with Gasteiger partial charge in [0.05, 0.1) is 0 Å².